The Hall–Kier alpha value is -3.46. The van der Waals surface area contributed by atoms with E-state index in [1.54, 1.807) is 0 Å². The molecular formula is C19H15N3O5S. The monoisotopic (exact) mass is 397 g/mol. The van der Waals surface area contributed by atoms with Crippen molar-refractivity contribution < 1.29 is 14.3 Å². The molecule has 0 fully saturated rings. The molecule has 9 heteroatoms. The van der Waals surface area contributed by atoms with Gasteiger partial charge in [-0.2, -0.15) is 0 Å². The van der Waals surface area contributed by atoms with Gasteiger partial charge in [0.15, 0.2) is 0 Å². The summed E-state index contributed by atoms with van der Waals surface area (Å²) < 4.78 is 7.59. The topological polar surface area (TPSA) is 113 Å². The first-order valence-electron chi connectivity index (χ1n) is 8.33. The summed E-state index contributed by atoms with van der Waals surface area (Å²) in [7, 11) is 1.53. The quantitative estimate of drug-likeness (QED) is 0.504. The van der Waals surface area contributed by atoms with Crippen molar-refractivity contribution >= 4 is 33.4 Å². The molecule has 4 rings (SSSR count). The van der Waals surface area contributed by atoms with Crippen LogP contribution in [0.25, 0.3) is 10.2 Å². The van der Waals surface area contributed by atoms with Crippen LogP contribution in [0.1, 0.15) is 15.2 Å². The Kier molecular flexibility index (Phi) is 4.04. The number of thiophene rings is 1. The minimum Gasteiger partial charge on any atom is -0.436 e. The lowest BCUT2D eigenvalue weighted by Crippen LogP contribution is -2.38. The van der Waals surface area contributed by atoms with Crippen molar-refractivity contribution in [3.05, 3.63) is 79.8 Å². The largest absolute Gasteiger partial charge is 0.436 e. The number of nitrogens with two attached hydrogens (primary N) is 1. The van der Waals surface area contributed by atoms with Crippen LogP contribution in [0, 0.1) is 0 Å². The van der Waals surface area contributed by atoms with Crippen molar-refractivity contribution in [3.8, 4) is 0 Å². The number of ether oxygens (including phenoxy) is 1. The Labute approximate surface area is 162 Å². The molecule has 8 nitrogen and oxygen atoms in total. The molecule has 2 aromatic heterocycles. The molecule has 142 valence electrons. The molecule has 0 saturated heterocycles. The number of hydrogen-bond donors (Lipinski definition) is 1. The number of benzene rings is 1. The minimum absolute atomic E-state index is 0.105. The number of carbonyl (C=O) groups excluding carboxylic acids is 2. The molecule has 2 heterocycles. The van der Waals surface area contributed by atoms with E-state index in [4.69, 9.17) is 10.5 Å². The van der Waals surface area contributed by atoms with E-state index in [2.05, 4.69) is 0 Å². The molecule has 0 atom stereocenters. The Bertz CT molecular complexity index is 1260. The van der Waals surface area contributed by atoms with Gasteiger partial charge in [-0.25, -0.2) is 9.59 Å². The number of aryl methyl sites for hydroxylation is 1. The highest BCUT2D eigenvalue weighted by molar-refractivity contribution is 7.20. The number of esters is 1. The summed E-state index contributed by atoms with van der Waals surface area (Å²) in [5, 5.41) is 0.229. The fourth-order valence-corrected chi connectivity index (χ4v) is 3.83. The van der Waals surface area contributed by atoms with Gasteiger partial charge in [0.05, 0.1) is 11.9 Å². The van der Waals surface area contributed by atoms with E-state index < -0.39 is 28.7 Å². The van der Waals surface area contributed by atoms with Gasteiger partial charge in [0.2, 0.25) is 5.60 Å². The number of nitrogens with zero attached hydrogens (tertiary/aromatic N) is 2. The third-order valence-corrected chi connectivity index (χ3v) is 5.70. The Morgan fingerprint density at radius 2 is 1.86 bits per heavy atom. The van der Waals surface area contributed by atoms with Crippen LogP contribution in [0.3, 0.4) is 0 Å². The predicted molar refractivity (Wildman–Crippen MR) is 103 cm³/mol. The normalized spacial score (nSPS) is 14.2. The number of amides is 1. The van der Waals surface area contributed by atoms with Crippen molar-refractivity contribution in [1.82, 2.24) is 9.13 Å². The molecule has 0 saturated carbocycles. The van der Waals surface area contributed by atoms with E-state index in [1.165, 1.54) is 29.8 Å². The van der Waals surface area contributed by atoms with E-state index in [-0.39, 0.29) is 16.8 Å². The summed E-state index contributed by atoms with van der Waals surface area (Å²) in [6.07, 6.45) is 2.76. The fourth-order valence-electron chi connectivity index (χ4n) is 2.85. The van der Waals surface area contributed by atoms with Crippen molar-refractivity contribution in [2.75, 3.05) is 0 Å². The number of carbonyl (C=O) groups is 2. The first kappa shape index (κ1) is 17.9. The van der Waals surface area contributed by atoms with Gasteiger partial charge in [0, 0.05) is 7.05 Å². The highest BCUT2D eigenvalue weighted by Gasteiger charge is 2.45. The van der Waals surface area contributed by atoms with E-state index in [0.717, 1.165) is 21.5 Å². The van der Waals surface area contributed by atoms with Crippen LogP contribution in [0.4, 0.5) is 0 Å². The van der Waals surface area contributed by atoms with Gasteiger partial charge in [0.25, 0.3) is 11.5 Å². The first-order chi connectivity index (χ1) is 13.3. The maximum absolute atomic E-state index is 12.9. The van der Waals surface area contributed by atoms with Crippen molar-refractivity contribution in [3.63, 3.8) is 0 Å². The van der Waals surface area contributed by atoms with Crippen LogP contribution in [0.2, 0.25) is 0 Å². The maximum Gasteiger partial charge on any atom is 0.350 e. The van der Waals surface area contributed by atoms with Crippen molar-refractivity contribution in [2.24, 2.45) is 12.8 Å². The summed E-state index contributed by atoms with van der Waals surface area (Å²) in [6, 6.07) is 10.5. The molecule has 0 bridgehead atoms. The zero-order valence-electron chi connectivity index (χ0n) is 14.7. The van der Waals surface area contributed by atoms with Gasteiger partial charge < -0.3 is 10.5 Å². The molecule has 28 heavy (non-hydrogen) atoms. The lowest BCUT2D eigenvalue weighted by Gasteiger charge is -2.11. The van der Waals surface area contributed by atoms with Crippen LogP contribution < -0.4 is 17.0 Å². The molecule has 1 aliphatic carbocycles. The smallest absolute Gasteiger partial charge is 0.350 e. The Morgan fingerprint density at radius 3 is 2.46 bits per heavy atom. The molecule has 1 amide bonds. The van der Waals surface area contributed by atoms with E-state index >= 15 is 0 Å². The third-order valence-electron chi connectivity index (χ3n) is 4.51. The summed E-state index contributed by atoms with van der Waals surface area (Å²) in [5.41, 5.74) is 3.55. The number of primary amides is 1. The second-order valence-corrected chi connectivity index (χ2v) is 7.46. The van der Waals surface area contributed by atoms with Crippen LogP contribution in [0.5, 0.6) is 0 Å². The first-order valence-corrected chi connectivity index (χ1v) is 9.15. The lowest BCUT2D eigenvalue weighted by molar-refractivity contribution is -0.127. The van der Waals surface area contributed by atoms with E-state index in [9.17, 15) is 19.2 Å². The van der Waals surface area contributed by atoms with E-state index in [1.807, 2.05) is 30.3 Å². The predicted octanol–water partition coefficient (Wildman–Crippen LogP) is 0.761. The minimum atomic E-state index is -1.49. The summed E-state index contributed by atoms with van der Waals surface area (Å²) in [6.45, 7) is 0.118. The van der Waals surface area contributed by atoms with Crippen molar-refractivity contribution in [1.29, 1.82) is 0 Å². The summed E-state index contributed by atoms with van der Waals surface area (Å²) in [5.74, 6) is -1.58. The molecule has 0 spiro atoms. The molecule has 1 aromatic carbocycles. The van der Waals surface area contributed by atoms with Gasteiger partial charge in [-0.05, 0) is 23.8 Å². The molecule has 0 radical (unpaired) electrons. The van der Waals surface area contributed by atoms with Crippen molar-refractivity contribution in [2.45, 2.75) is 12.1 Å². The average Bonchev–Trinajstić information content (AvgIpc) is 3.32. The number of aromatic nitrogens is 2. The van der Waals surface area contributed by atoms with Crippen LogP contribution in [-0.2, 0) is 23.1 Å². The van der Waals surface area contributed by atoms with Crippen LogP contribution in [-0.4, -0.2) is 26.6 Å². The van der Waals surface area contributed by atoms with Gasteiger partial charge >= 0.3 is 11.7 Å². The standard InChI is InChI=1S/C19H15N3O5S/c1-21-15-12(9-13(28-15)16(24)27-19(7-8-19)17(20)25)14(23)22(18(21)26)10-11-5-3-2-4-6-11/h2-9H,10H2,1H3,(H2,20,25). The van der Waals surface area contributed by atoms with Crippen LogP contribution in [0.15, 0.2) is 58.1 Å². The average molecular weight is 397 g/mol. The number of fused-ring (bicyclic) bond motifs is 1. The van der Waals surface area contributed by atoms with Crippen LogP contribution >= 0.6 is 11.3 Å². The molecule has 2 N–H and O–H groups in total. The number of hydrogen-bond acceptors (Lipinski definition) is 6. The summed E-state index contributed by atoms with van der Waals surface area (Å²) in [4.78, 5) is 49.8. The zero-order valence-corrected chi connectivity index (χ0v) is 15.6. The molecular weight excluding hydrogens is 382 g/mol. The zero-order chi connectivity index (χ0) is 20.1. The molecule has 3 aromatic rings. The Balaban J connectivity index is 1.75. The third kappa shape index (κ3) is 2.85. The second kappa shape index (κ2) is 6.31. The van der Waals surface area contributed by atoms with Gasteiger partial charge in [-0.3, -0.25) is 18.7 Å². The second-order valence-electron chi connectivity index (χ2n) is 6.43. The Morgan fingerprint density at radius 1 is 1.18 bits per heavy atom. The van der Waals surface area contributed by atoms with Gasteiger partial charge in [-0.1, -0.05) is 30.3 Å². The summed E-state index contributed by atoms with van der Waals surface area (Å²) >= 11 is 0.951. The number of rotatable bonds is 5. The van der Waals surface area contributed by atoms with Gasteiger partial charge in [-0.15, -0.1) is 11.3 Å². The molecule has 0 aliphatic heterocycles. The van der Waals surface area contributed by atoms with E-state index in [0.29, 0.717) is 4.83 Å². The molecule has 0 unspecified atom stereocenters. The maximum atomic E-state index is 12.9. The molecule has 1 aliphatic rings. The highest BCUT2D eigenvalue weighted by atomic mass is 32.1. The SMILES string of the molecule is Cn1c(=O)n(Cc2ccccc2)c(=O)c2cc(C(=O)OC3(C(N)=O)C=C3)sc21. The fraction of sp³-hybridized carbons (Fsp3) is 0.158. The highest BCUT2D eigenvalue weighted by Crippen LogP contribution is 2.31. The lowest BCUT2D eigenvalue weighted by atomic mass is 10.2. The van der Waals surface area contributed by atoms with Gasteiger partial charge in [0.1, 0.15) is 9.71 Å².